The fourth-order valence-electron chi connectivity index (χ4n) is 1.12. The molecule has 1 saturated heterocycles. The van der Waals surface area contributed by atoms with Gasteiger partial charge in [-0.3, -0.25) is 0 Å². The van der Waals surface area contributed by atoms with Crippen molar-refractivity contribution in [3.8, 4) is 0 Å². The molecule has 0 bridgehead atoms. The highest BCUT2D eigenvalue weighted by molar-refractivity contribution is 4.90. The molecule has 1 aliphatic heterocycles. The molecule has 0 aromatic rings. The summed E-state index contributed by atoms with van der Waals surface area (Å²) in [5.41, 5.74) is 5.26. The van der Waals surface area contributed by atoms with Crippen molar-refractivity contribution in [2.24, 2.45) is 5.73 Å². The molecule has 0 amide bonds. The minimum absolute atomic E-state index is 0.470. The molecule has 6 nitrogen and oxygen atoms in total. The van der Waals surface area contributed by atoms with Crippen LogP contribution in [-0.2, 0) is 4.74 Å². The summed E-state index contributed by atoms with van der Waals surface area (Å²) in [7, 11) is 0. The molecule has 1 fully saturated rings. The van der Waals surface area contributed by atoms with Crippen LogP contribution in [0.5, 0.6) is 0 Å². The van der Waals surface area contributed by atoms with Crippen molar-refractivity contribution < 1.29 is 25.2 Å². The molecule has 1 heterocycles. The van der Waals surface area contributed by atoms with Crippen LogP contribution in [-0.4, -0.2) is 57.7 Å². The topological polar surface area (TPSA) is 116 Å². The average molecular weight is 179 g/mol. The maximum Gasteiger partial charge on any atom is 0.173 e. The van der Waals surface area contributed by atoms with E-state index in [0.717, 1.165) is 0 Å². The van der Waals surface area contributed by atoms with E-state index in [0.29, 0.717) is 0 Å². The highest BCUT2D eigenvalue weighted by Crippen LogP contribution is 2.17. The third kappa shape index (κ3) is 1.58. The Morgan fingerprint density at radius 2 is 1.75 bits per heavy atom. The van der Waals surface area contributed by atoms with E-state index in [-0.39, 0.29) is 0 Å². The Morgan fingerprint density at radius 3 is 2.25 bits per heavy atom. The van der Waals surface area contributed by atoms with Gasteiger partial charge in [-0.2, -0.15) is 0 Å². The van der Waals surface area contributed by atoms with E-state index in [1.165, 1.54) is 0 Å². The second-order valence-corrected chi connectivity index (χ2v) is 2.81. The zero-order chi connectivity index (χ0) is 9.30. The van der Waals surface area contributed by atoms with Crippen LogP contribution in [0.4, 0.5) is 0 Å². The number of hydrogen-bond donors (Lipinski definition) is 5. The molecule has 5 atom stereocenters. The van der Waals surface area contributed by atoms with Crippen molar-refractivity contribution in [2.45, 2.75) is 30.6 Å². The van der Waals surface area contributed by atoms with Crippen molar-refractivity contribution in [2.75, 3.05) is 6.61 Å². The minimum Gasteiger partial charge on any atom is -0.394 e. The van der Waals surface area contributed by atoms with Gasteiger partial charge < -0.3 is 30.9 Å². The number of aliphatic hydroxyl groups excluding tert-OH is 4. The molecule has 0 aliphatic carbocycles. The molecule has 1 rings (SSSR count). The average Bonchev–Trinajstić information content (AvgIpc) is 2.08. The maximum absolute atomic E-state index is 9.20. The van der Waals surface area contributed by atoms with Crippen LogP contribution in [0, 0.1) is 0 Å². The first-order chi connectivity index (χ1) is 5.57. The number of nitrogens with two attached hydrogens (primary N) is 1. The predicted molar refractivity (Wildman–Crippen MR) is 38.0 cm³/mol. The lowest BCUT2D eigenvalue weighted by molar-refractivity contribution is -0.248. The molecular formula is C6H13NO5. The van der Waals surface area contributed by atoms with E-state index < -0.39 is 37.3 Å². The van der Waals surface area contributed by atoms with Crippen molar-refractivity contribution >= 4 is 0 Å². The van der Waals surface area contributed by atoms with Crippen LogP contribution in [0.2, 0.25) is 0 Å². The monoisotopic (exact) mass is 179 g/mol. The van der Waals surface area contributed by atoms with Crippen molar-refractivity contribution in [1.29, 1.82) is 0 Å². The Hall–Kier alpha value is -0.240. The molecule has 3 unspecified atom stereocenters. The lowest BCUT2D eigenvalue weighted by Crippen LogP contribution is -2.61. The van der Waals surface area contributed by atoms with Gasteiger partial charge in [0, 0.05) is 0 Å². The molecular weight excluding hydrogens is 166 g/mol. The summed E-state index contributed by atoms with van der Waals surface area (Å²) in [6.45, 7) is -0.470. The number of rotatable bonds is 1. The Kier molecular flexibility index (Phi) is 2.99. The fraction of sp³-hybridized carbons (Fsp3) is 1.00. The highest BCUT2D eigenvalue weighted by Gasteiger charge is 2.41. The number of aliphatic hydroxyl groups is 4. The molecule has 72 valence electrons. The quantitative estimate of drug-likeness (QED) is 0.288. The minimum atomic E-state index is -1.35. The third-order valence-corrected chi connectivity index (χ3v) is 1.95. The summed E-state index contributed by atoms with van der Waals surface area (Å²) in [6, 6.07) is -1.04. The maximum atomic E-state index is 9.20. The van der Waals surface area contributed by atoms with Crippen molar-refractivity contribution in [3.63, 3.8) is 0 Å². The summed E-state index contributed by atoms with van der Waals surface area (Å²) >= 11 is 0. The molecule has 1 aliphatic rings. The molecule has 6 N–H and O–H groups in total. The standard InChI is InChI=1S/C6H13NO5/c7-3-5(10)4(9)2(1-8)12-6(3)11/h2-6,8-11H,1,7H2/t2?,3?,4-,5+,6?/m1/s1. The van der Waals surface area contributed by atoms with Crippen LogP contribution in [0.3, 0.4) is 0 Å². The molecule has 6 heteroatoms. The SMILES string of the molecule is NC1C(O)OC(CO)[C@@H](O)[C@H]1O. The van der Waals surface area contributed by atoms with Crippen molar-refractivity contribution in [1.82, 2.24) is 0 Å². The van der Waals surface area contributed by atoms with Gasteiger partial charge >= 0.3 is 0 Å². The van der Waals surface area contributed by atoms with Gasteiger partial charge in [0.25, 0.3) is 0 Å². The fourth-order valence-corrected chi connectivity index (χ4v) is 1.12. The van der Waals surface area contributed by atoms with Gasteiger partial charge in [-0.25, -0.2) is 0 Å². The number of hydrogen-bond acceptors (Lipinski definition) is 6. The lowest BCUT2D eigenvalue weighted by Gasteiger charge is -2.38. The first-order valence-corrected chi connectivity index (χ1v) is 3.64. The first kappa shape index (κ1) is 9.85. The largest absolute Gasteiger partial charge is 0.394 e. The van der Waals surface area contributed by atoms with Gasteiger partial charge in [0.15, 0.2) is 6.29 Å². The molecule has 0 spiro atoms. The van der Waals surface area contributed by atoms with Crippen LogP contribution >= 0.6 is 0 Å². The zero-order valence-corrected chi connectivity index (χ0v) is 6.37. The van der Waals surface area contributed by atoms with Crippen molar-refractivity contribution in [3.05, 3.63) is 0 Å². The second-order valence-electron chi connectivity index (χ2n) is 2.81. The molecule has 0 aromatic heterocycles. The summed E-state index contributed by atoms with van der Waals surface area (Å²) < 4.78 is 4.70. The van der Waals surface area contributed by atoms with Gasteiger partial charge in [-0.1, -0.05) is 0 Å². The van der Waals surface area contributed by atoms with Gasteiger partial charge in [-0.15, -0.1) is 0 Å². The number of ether oxygens (including phenoxy) is 1. The van der Waals surface area contributed by atoms with E-state index in [1.807, 2.05) is 0 Å². The Morgan fingerprint density at radius 1 is 1.17 bits per heavy atom. The van der Waals surface area contributed by atoms with E-state index >= 15 is 0 Å². The summed E-state index contributed by atoms with van der Waals surface area (Å²) in [6.07, 6.45) is -4.85. The zero-order valence-electron chi connectivity index (χ0n) is 6.37. The van der Waals surface area contributed by atoms with Crippen LogP contribution in [0.15, 0.2) is 0 Å². The molecule has 0 aromatic carbocycles. The first-order valence-electron chi connectivity index (χ1n) is 3.64. The third-order valence-electron chi connectivity index (χ3n) is 1.95. The Bertz CT molecular complexity index is 150. The predicted octanol–water partition coefficient (Wildman–Crippen LogP) is -3.25. The molecule has 0 radical (unpaired) electrons. The molecule has 0 saturated carbocycles. The lowest BCUT2D eigenvalue weighted by atomic mass is 9.98. The molecule has 12 heavy (non-hydrogen) atoms. The summed E-state index contributed by atoms with van der Waals surface area (Å²) in [5, 5.41) is 36.1. The van der Waals surface area contributed by atoms with E-state index in [9.17, 15) is 10.2 Å². The smallest absolute Gasteiger partial charge is 0.173 e. The van der Waals surface area contributed by atoms with Gasteiger partial charge in [0.1, 0.15) is 18.3 Å². The normalized spacial score (nSPS) is 49.2. The van der Waals surface area contributed by atoms with Gasteiger partial charge in [-0.05, 0) is 0 Å². The van der Waals surface area contributed by atoms with Gasteiger partial charge in [0.05, 0.1) is 12.6 Å². The van der Waals surface area contributed by atoms with E-state index in [2.05, 4.69) is 0 Å². The van der Waals surface area contributed by atoms with E-state index in [1.54, 1.807) is 0 Å². The summed E-state index contributed by atoms with van der Waals surface area (Å²) in [4.78, 5) is 0. The van der Waals surface area contributed by atoms with Crippen LogP contribution in [0.25, 0.3) is 0 Å². The van der Waals surface area contributed by atoms with Crippen LogP contribution < -0.4 is 5.73 Å². The summed E-state index contributed by atoms with van der Waals surface area (Å²) in [5.74, 6) is 0. The second kappa shape index (κ2) is 3.65. The van der Waals surface area contributed by atoms with E-state index in [4.69, 9.17) is 20.7 Å². The van der Waals surface area contributed by atoms with Gasteiger partial charge in [0.2, 0.25) is 0 Å². The highest BCUT2D eigenvalue weighted by atomic mass is 16.6. The Labute approximate surface area is 69.2 Å². The van der Waals surface area contributed by atoms with Crippen LogP contribution in [0.1, 0.15) is 0 Å². The Balaban J connectivity index is 2.63.